The van der Waals surface area contributed by atoms with E-state index in [2.05, 4.69) is 0 Å². The minimum absolute atomic E-state index is 0.206. The molecule has 0 radical (unpaired) electrons. The smallest absolute Gasteiger partial charge is 0.227 e. The molecule has 0 spiro atoms. The van der Waals surface area contributed by atoms with Gasteiger partial charge in [0.15, 0.2) is 5.75 Å². The van der Waals surface area contributed by atoms with Crippen molar-refractivity contribution in [1.82, 2.24) is 9.21 Å². The quantitative estimate of drug-likeness (QED) is 0.634. The zero-order chi connectivity index (χ0) is 11.5. The Kier molecular flexibility index (Phi) is 4.04. The summed E-state index contributed by atoms with van der Waals surface area (Å²) >= 11 is 0. The van der Waals surface area contributed by atoms with E-state index in [-0.39, 0.29) is 12.6 Å². The minimum Gasteiger partial charge on any atom is -0.329 e. The van der Waals surface area contributed by atoms with Crippen LogP contribution in [0.2, 0.25) is 0 Å². The summed E-state index contributed by atoms with van der Waals surface area (Å²) in [5, 5.41) is 8.45. The number of hydrogen-bond acceptors (Lipinski definition) is 5. The van der Waals surface area contributed by atoms with E-state index in [1.54, 1.807) is 6.07 Å². The van der Waals surface area contributed by atoms with Crippen LogP contribution in [0.15, 0.2) is 0 Å². The first-order chi connectivity index (χ1) is 7.01. The maximum atomic E-state index is 11.7. The summed E-state index contributed by atoms with van der Waals surface area (Å²) in [4.78, 5) is 2.04. The highest BCUT2D eigenvalue weighted by atomic mass is 32.2. The molecule has 7 heteroatoms. The first kappa shape index (κ1) is 12.4. The Hall–Kier alpha value is -0.680. The van der Waals surface area contributed by atoms with Crippen molar-refractivity contribution in [3.05, 3.63) is 0 Å². The molecular weight excluding hydrogens is 216 g/mol. The molecule has 1 fully saturated rings. The lowest BCUT2D eigenvalue weighted by Crippen LogP contribution is -2.57. The summed E-state index contributed by atoms with van der Waals surface area (Å²) in [7, 11) is -1.53. The Labute approximate surface area is 90.3 Å². The molecule has 86 valence electrons. The van der Waals surface area contributed by atoms with Gasteiger partial charge in [-0.15, -0.1) is 0 Å². The fourth-order valence-corrected chi connectivity index (χ4v) is 3.01. The van der Waals surface area contributed by atoms with Crippen LogP contribution in [0.1, 0.15) is 0 Å². The first-order valence-corrected chi connectivity index (χ1v) is 6.37. The largest absolute Gasteiger partial charge is 0.329 e. The number of nitrogens with two attached hydrogens (primary N) is 1. The predicted molar refractivity (Wildman–Crippen MR) is 56.4 cm³/mol. The monoisotopic (exact) mass is 232 g/mol. The van der Waals surface area contributed by atoms with Crippen molar-refractivity contribution in [2.24, 2.45) is 5.73 Å². The number of rotatable bonds is 3. The van der Waals surface area contributed by atoms with Crippen molar-refractivity contribution in [1.29, 1.82) is 5.26 Å². The Bertz CT molecular complexity index is 348. The maximum Gasteiger partial charge on any atom is 0.227 e. The van der Waals surface area contributed by atoms with Crippen LogP contribution >= 0.6 is 0 Å². The van der Waals surface area contributed by atoms with Crippen LogP contribution in [0.4, 0.5) is 0 Å². The van der Waals surface area contributed by atoms with Crippen LogP contribution in [0, 0.1) is 11.3 Å². The highest BCUT2D eigenvalue weighted by molar-refractivity contribution is 7.89. The molecule has 0 aromatic heterocycles. The molecule has 0 aromatic carbocycles. The molecule has 0 aliphatic carbocycles. The van der Waals surface area contributed by atoms with Gasteiger partial charge < -0.3 is 10.6 Å². The third kappa shape index (κ3) is 2.89. The molecule has 1 unspecified atom stereocenters. The van der Waals surface area contributed by atoms with E-state index >= 15 is 0 Å². The fraction of sp³-hybridized carbons (Fsp3) is 0.875. The minimum atomic E-state index is -3.45. The second-order valence-corrected chi connectivity index (χ2v) is 5.60. The summed E-state index contributed by atoms with van der Waals surface area (Å²) in [5.74, 6) is -0.465. The highest BCUT2D eigenvalue weighted by Crippen LogP contribution is 2.12. The van der Waals surface area contributed by atoms with Crippen LogP contribution in [-0.2, 0) is 10.0 Å². The number of nitriles is 1. The average molecular weight is 232 g/mol. The second kappa shape index (κ2) is 4.90. The Morgan fingerprint density at radius 2 is 2.20 bits per heavy atom. The summed E-state index contributed by atoms with van der Waals surface area (Å²) < 4.78 is 24.7. The van der Waals surface area contributed by atoms with Crippen molar-refractivity contribution in [2.45, 2.75) is 6.04 Å². The molecule has 0 amide bonds. The molecule has 6 nitrogen and oxygen atoms in total. The van der Waals surface area contributed by atoms with Gasteiger partial charge in [-0.3, -0.25) is 0 Å². The highest BCUT2D eigenvalue weighted by Gasteiger charge is 2.32. The van der Waals surface area contributed by atoms with Crippen molar-refractivity contribution >= 4 is 10.0 Å². The lowest BCUT2D eigenvalue weighted by atomic mass is 10.2. The number of piperazine rings is 1. The van der Waals surface area contributed by atoms with E-state index in [0.717, 1.165) is 0 Å². The molecule has 0 saturated carbocycles. The van der Waals surface area contributed by atoms with Gasteiger partial charge in [0.25, 0.3) is 0 Å². The van der Waals surface area contributed by atoms with Gasteiger partial charge in [-0.05, 0) is 7.05 Å². The number of sulfonamides is 1. The summed E-state index contributed by atoms with van der Waals surface area (Å²) in [6.07, 6.45) is 0. The second-order valence-electron chi connectivity index (χ2n) is 3.68. The molecular formula is C8H16N4O2S. The Balaban J connectivity index is 2.81. The van der Waals surface area contributed by atoms with Gasteiger partial charge in [0.05, 0.1) is 6.07 Å². The summed E-state index contributed by atoms with van der Waals surface area (Å²) in [6, 6.07) is 1.47. The summed E-state index contributed by atoms with van der Waals surface area (Å²) in [6.45, 7) is 2.01. The van der Waals surface area contributed by atoms with Crippen molar-refractivity contribution < 1.29 is 8.42 Å². The zero-order valence-electron chi connectivity index (χ0n) is 8.76. The van der Waals surface area contributed by atoms with Crippen LogP contribution in [-0.4, -0.2) is 62.6 Å². The molecule has 1 heterocycles. The Morgan fingerprint density at radius 1 is 1.53 bits per heavy atom. The number of likely N-dealkylation sites (N-methyl/N-ethyl adjacent to an activating group) is 1. The van der Waals surface area contributed by atoms with Gasteiger partial charge in [0.1, 0.15) is 0 Å². The van der Waals surface area contributed by atoms with Crippen molar-refractivity contribution in [3.8, 4) is 6.07 Å². The molecule has 1 saturated heterocycles. The van der Waals surface area contributed by atoms with Crippen LogP contribution < -0.4 is 5.73 Å². The maximum absolute atomic E-state index is 11.7. The zero-order valence-corrected chi connectivity index (χ0v) is 9.57. The summed E-state index contributed by atoms with van der Waals surface area (Å²) in [5.41, 5.74) is 5.53. The average Bonchev–Trinajstić information content (AvgIpc) is 2.17. The van der Waals surface area contributed by atoms with Gasteiger partial charge in [0.2, 0.25) is 10.0 Å². The van der Waals surface area contributed by atoms with Gasteiger partial charge in [-0.1, -0.05) is 0 Å². The molecule has 0 aromatic rings. The van der Waals surface area contributed by atoms with Gasteiger partial charge in [0, 0.05) is 32.2 Å². The van der Waals surface area contributed by atoms with Gasteiger partial charge >= 0.3 is 0 Å². The lowest BCUT2D eigenvalue weighted by Gasteiger charge is -2.37. The fourth-order valence-electron chi connectivity index (χ4n) is 1.72. The van der Waals surface area contributed by atoms with Crippen LogP contribution in [0.5, 0.6) is 0 Å². The van der Waals surface area contributed by atoms with Crippen molar-refractivity contribution in [2.75, 3.05) is 39.0 Å². The number of nitrogens with zero attached hydrogens (tertiary/aromatic N) is 3. The van der Waals surface area contributed by atoms with Crippen LogP contribution in [0.3, 0.4) is 0 Å². The third-order valence-corrected chi connectivity index (χ3v) is 4.20. The molecule has 15 heavy (non-hydrogen) atoms. The lowest BCUT2D eigenvalue weighted by molar-refractivity contribution is 0.164. The first-order valence-electron chi connectivity index (χ1n) is 4.76. The molecule has 1 rings (SSSR count). The molecule has 2 N–H and O–H groups in total. The number of hydrogen-bond donors (Lipinski definition) is 1. The topological polar surface area (TPSA) is 90.4 Å². The van der Waals surface area contributed by atoms with Crippen LogP contribution in [0.25, 0.3) is 0 Å². The van der Waals surface area contributed by atoms with E-state index in [9.17, 15) is 8.42 Å². The molecule has 1 aliphatic rings. The molecule has 0 bridgehead atoms. The standard InChI is InChI=1S/C8H16N4O2S/c1-11-3-4-12(8(6-10)7-11)15(13,14)5-2-9/h8H,3-7,10H2,1H3. The SMILES string of the molecule is CN1CCN(S(=O)(=O)CC#N)C(CN)C1. The van der Waals surface area contributed by atoms with E-state index < -0.39 is 15.8 Å². The Morgan fingerprint density at radius 3 is 2.73 bits per heavy atom. The van der Waals surface area contributed by atoms with E-state index in [4.69, 9.17) is 11.0 Å². The predicted octanol–water partition coefficient (Wildman–Crippen LogP) is -1.59. The van der Waals surface area contributed by atoms with E-state index in [1.807, 2.05) is 11.9 Å². The molecule has 1 aliphatic heterocycles. The van der Waals surface area contributed by atoms with Crippen molar-refractivity contribution in [3.63, 3.8) is 0 Å². The molecule has 1 atom stereocenters. The van der Waals surface area contributed by atoms with Gasteiger partial charge in [-0.2, -0.15) is 9.57 Å². The normalized spacial score (nSPS) is 25.0. The third-order valence-electron chi connectivity index (χ3n) is 2.51. The van der Waals surface area contributed by atoms with Gasteiger partial charge in [-0.25, -0.2) is 8.42 Å². The van der Waals surface area contributed by atoms with E-state index in [1.165, 1.54) is 4.31 Å². The van der Waals surface area contributed by atoms with E-state index in [0.29, 0.717) is 19.6 Å².